The van der Waals surface area contributed by atoms with Crippen LogP contribution >= 0.6 is 0 Å². The van der Waals surface area contributed by atoms with Crippen molar-refractivity contribution in [3.63, 3.8) is 0 Å². The molecule has 1 aromatic heterocycles. The van der Waals surface area contributed by atoms with Crippen molar-refractivity contribution in [3.05, 3.63) is 11.7 Å². The Morgan fingerprint density at radius 2 is 2.05 bits per heavy atom. The maximum atomic E-state index is 12.4. The van der Waals surface area contributed by atoms with Gasteiger partial charge < -0.3 is 4.52 Å². The van der Waals surface area contributed by atoms with E-state index in [0.29, 0.717) is 43.7 Å². The van der Waals surface area contributed by atoms with Crippen LogP contribution in [0.1, 0.15) is 31.5 Å². The quantitative estimate of drug-likeness (QED) is 0.805. The van der Waals surface area contributed by atoms with E-state index in [-0.39, 0.29) is 0 Å². The summed E-state index contributed by atoms with van der Waals surface area (Å²) in [7, 11) is -1.77. The first-order valence-electron chi connectivity index (χ1n) is 6.90. The van der Waals surface area contributed by atoms with Gasteiger partial charge in [0.25, 0.3) is 10.2 Å². The second-order valence-corrected chi connectivity index (χ2v) is 7.43. The molecule has 0 unspecified atom stereocenters. The van der Waals surface area contributed by atoms with Crippen LogP contribution in [-0.2, 0) is 16.6 Å². The second kappa shape index (κ2) is 6.19. The summed E-state index contributed by atoms with van der Waals surface area (Å²) in [6.45, 7) is 5.44. The van der Waals surface area contributed by atoms with Crippen molar-refractivity contribution >= 4 is 10.2 Å². The summed E-state index contributed by atoms with van der Waals surface area (Å²) >= 11 is 0. The molecular weight excluding hydrogens is 280 g/mol. The molecule has 0 aromatic carbocycles. The minimum absolute atomic E-state index is 0.355. The summed E-state index contributed by atoms with van der Waals surface area (Å²) in [6, 6.07) is 0. The molecule has 8 heteroatoms. The van der Waals surface area contributed by atoms with Gasteiger partial charge in [-0.05, 0) is 18.8 Å². The third-order valence-electron chi connectivity index (χ3n) is 3.68. The molecule has 0 bridgehead atoms. The highest BCUT2D eigenvalue weighted by Gasteiger charge is 2.29. The van der Waals surface area contributed by atoms with Crippen LogP contribution in [0.5, 0.6) is 0 Å². The van der Waals surface area contributed by atoms with Gasteiger partial charge in [-0.15, -0.1) is 0 Å². The Morgan fingerprint density at radius 1 is 1.40 bits per heavy atom. The van der Waals surface area contributed by atoms with E-state index in [1.54, 1.807) is 18.3 Å². The summed E-state index contributed by atoms with van der Waals surface area (Å²) in [5.74, 6) is 1.64. The van der Waals surface area contributed by atoms with Gasteiger partial charge in [0, 0.05) is 40.0 Å². The Bertz CT molecular complexity index is 535. The van der Waals surface area contributed by atoms with Crippen molar-refractivity contribution in [2.45, 2.75) is 33.1 Å². The monoisotopic (exact) mass is 302 g/mol. The lowest BCUT2D eigenvalue weighted by Gasteiger charge is -2.32. The summed E-state index contributed by atoms with van der Waals surface area (Å²) in [4.78, 5) is 4.07. The summed E-state index contributed by atoms with van der Waals surface area (Å²) in [5, 5.41) is 3.77. The molecule has 0 atom stereocenters. The highest BCUT2D eigenvalue weighted by atomic mass is 32.2. The van der Waals surface area contributed by atoms with Crippen LogP contribution in [0.2, 0.25) is 0 Å². The molecule has 0 aliphatic carbocycles. The SMILES string of the molecule is Cc1nc(CCN(C)S(=O)(=O)N2CCC(C)CC2)no1. The van der Waals surface area contributed by atoms with Crippen molar-refractivity contribution in [2.75, 3.05) is 26.7 Å². The fraction of sp³-hybridized carbons (Fsp3) is 0.833. The van der Waals surface area contributed by atoms with Gasteiger partial charge in [0.1, 0.15) is 0 Å². The van der Waals surface area contributed by atoms with E-state index in [4.69, 9.17) is 4.52 Å². The lowest BCUT2D eigenvalue weighted by Crippen LogP contribution is -2.46. The third-order valence-corrected chi connectivity index (χ3v) is 5.67. The molecule has 2 rings (SSSR count). The number of hydrogen-bond acceptors (Lipinski definition) is 5. The van der Waals surface area contributed by atoms with Gasteiger partial charge in [0.15, 0.2) is 5.82 Å². The van der Waals surface area contributed by atoms with Gasteiger partial charge in [-0.3, -0.25) is 0 Å². The highest BCUT2D eigenvalue weighted by molar-refractivity contribution is 7.86. The molecule has 1 saturated heterocycles. The first-order chi connectivity index (χ1) is 9.39. The number of nitrogens with zero attached hydrogens (tertiary/aromatic N) is 4. The second-order valence-electron chi connectivity index (χ2n) is 5.39. The van der Waals surface area contributed by atoms with Crippen LogP contribution in [0.25, 0.3) is 0 Å². The summed E-state index contributed by atoms with van der Waals surface area (Å²) in [5.41, 5.74) is 0. The molecule has 0 N–H and O–H groups in total. The Hall–Kier alpha value is -0.990. The molecule has 2 heterocycles. The molecule has 1 aliphatic rings. The lowest BCUT2D eigenvalue weighted by atomic mass is 10.0. The molecule has 114 valence electrons. The van der Waals surface area contributed by atoms with E-state index in [1.165, 1.54) is 4.31 Å². The number of aryl methyl sites for hydroxylation is 1. The molecule has 7 nitrogen and oxygen atoms in total. The van der Waals surface area contributed by atoms with Crippen LogP contribution in [0, 0.1) is 12.8 Å². The average molecular weight is 302 g/mol. The number of likely N-dealkylation sites (N-methyl/N-ethyl adjacent to an activating group) is 1. The van der Waals surface area contributed by atoms with Crippen LogP contribution in [0.15, 0.2) is 4.52 Å². The van der Waals surface area contributed by atoms with Gasteiger partial charge in [-0.1, -0.05) is 12.1 Å². The Kier molecular flexibility index (Phi) is 4.77. The van der Waals surface area contributed by atoms with Gasteiger partial charge in [-0.25, -0.2) is 0 Å². The summed E-state index contributed by atoms with van der Waals surface area (Å²) < 4.78 is 32.6. The maximum absolute atomic E-state index is 12.4. The zero-order valence-electron chi connectivity index (χ0n) is 12.2. The fourth-order valence-corrected chi connectivity index (χ4v) is 3.62. The minimum Gasteiger partial charge on any atom is -0.340 e. The predicted octanol–water partition coefficient (Wildman–Crippen LogP) is 0.829. The zero-order chi connectivity index (χ0) is 14.8. The van der Waals surface area contributed by atoms with Crippen LogP contribution < -0.4 is 0 Å². The third kappa shape index (κ3) is 3.56. The normalized spacial score (nSPS) is 18.8. The Balaban J connectivity index is 1.91. The lowest BCUT2D eigenvalue weighted by molar-refractivity contribution is 0.270. The number of piperidine rings is 1. The standard InChI is InChI=1S/C12H22N4O3S/c1-10-4-8-16(9-5-10)20(17,18)15(3)7-6-12-13-11(2)19-14-12/h10H,4-9H2,1-3H3. The van der Waals surface area contributed by atoms with Crippen molar-refractivity contribution in [1.82, 2.24) is 18.8 Å². The molecule has 1 fully saturated rings. The Labute approximate surface area is 120 Å². The van der Waals surface area contributed by atoms with Crippen LogP contribution in [-0.4, -0.2) is 53.9 Å². The number of rotatable bonds is 5. The van der Waals surface area contributed by atoms with Crippen LogP contribution in [0.3, 0.4) is 0 Å². The van der Waals surface area contributed by atoms with Gasteiger partial charge in [0.2, 0.25) is 5.89 Å². The van der Waals surface area contributed by atoms with E-state index in [1.807, 2.05) is 0 Å². The highest BCUT2D eigenvalue weighted by Crippen LogP contribution is 2.20. The van der Waals surface area contributed by atoms with Crippen molar-refractivity contribution in [1.29, 1.82) is 0 Å². The van der Waals surface area contributed by atoms with Crippen molar-refractivity contribution < 1.29 is 12.9 Å². The molecule has 0 spiro atoms. The smallest absolute Gasteiger partial charge is 0.281 e. The predicted molar refractivity (Wildman–Crippen MR) is 74.3 cm³/mol. The van der Waals surface area contributed by atoms with Crippen LogP contribution in [0.4, 0.5) is 0 Å². The molecule has 0 saturated carbocycles. The fourth-order valence-electron chi connectivity index (χ4n) is 2.23. The summed E-state index contributed by atoms with van der Waals surface area (Å²) in [6.07, 6.45) is 2.31. The van der Waals surface area contributed by atoms with Gasteiger partial charge in [-0.2, -0.15) is 22.0 Å². The topological polar surface area (TPSA) is 79.5 Å². The zero-order valence-corrected chi connectivity index (χ0v) is 13.1. The minimum atomic E-state index is -3.37. The maximum Gasteiger partial charge on any atom is 0.281 e. The van der Waals surface area contributed by atoms with E-state index < -0.39 is 10.2 Å². The van der Waals surface area contributed by atoms with E-state index >= 15 is 0 Å². The van der Waals surface area contributed by atoms with E-state index in [9.17, 15) is 8.42 Å². The average Bonchev–Trinajstić information content (AvgIpc) is 2.82. The number of aromatic nitrogens is 2. The first kappa shape index (κ1) is 15.4. The Morgan fingerprint density at radius 3 is 2.60 bits per heavy atom. The first-order valence-corrected chi connectivity index (χ1v) is 8.30. The largest absolute Gasteiger partial charge is 0.340 e. The molecule has 20 heavy (non-hydrogen) atoms. The molecule has 1 aliphatic heterocycles. The van der Waals surface area contributed by atoms with Gasteiger partial charge in [0.05, 0.1) is 0 Å². The molecule has 0 amide bonds. The van der Waals surface area contributed by atoms with E-state index in [2.05, 4.69) is 17.1 Å². The molecule has 1 aromatic rings. The molecule has 0 radical (unpaired) electrons. The van der Waals surface area contributed by atoms with Gasteiger partial charge >= 0.3 is 0 Å². The number of hydrogen-bond donors (Lipinski definition) is 0. The molecular formula is C12H22N4O3S. The van der Waals surface area contributed by atoms with Crippen molar-refractivity contribution in [2.24, 2.45) is 5.92 Å². The van der Waals surface area contributed by atoms with Crippen molar-refractivity contribution in [3.8, 4) is 0 Å². The van der Waals surface area contributed by atoms with E-state index in [0.717, 1.165) is 12.8 Å².